The lowest BCUT2D eigenvalue weighted by Crippen LogP contribution is -2.32. The van der Waals surface area contributed by atoms with Gasteiger partial charge in [-0.1, -0.05) is 0 Å². The Hall–Kier alpha value is -2.04. The number of hydrogen-bond acceptors (Lipinski definition) is 3. The molecule has 1 atom stereocenters. The summed E-state index contributed by atoms with van der Waals surface area (Å²) in [6.07, 6.45) is 2.81. The predicted octanol–water partition coefficient (Wildman–Crippen LogP) is 1.78. The quantitative estimate of drug-likeness (QED) is 0.922. The van der Waals surface area contributed by atoms with Gasteiger partial charge >= 0.3 is 0 Å². The molecular weight excluding hydrogens is 278 g/mol. The molecule has 2 aliphatic heterocycles. The van der Waals surface area contributed by atoms with Gasteiger partial charge in [0.25, 0.3) is 0 Å². The van der Waals surface area contributed by atoms with E-state index in [9.17, 15) is 9.59 Å². The van der Waals surface area contributed by atoms with E-state index in [0.717, 1.165) is 18.8 Å². The van der Waals surface area contributed by atoms with Gasteiger partial charge in [-0.15, -0.1) is 0 Å². The van der Waals surface area contributed by atoms with E-state index in [1.54, 1.807) is 4.90 Å². The maximum Gasteiger partial charge on any atom is 0.227 e. The molecule has 0 spiro atoms. The molecule has 0 radical (unpaired) electrons. The van der Waals surface area contributed by atoms with Gasteiger partial charge in [-0.2, -0.15) is 0 Å². The van der Waals surface area contributed by atoms with Gasteiger partial charge in [0.1, 0.15) is 0 Å². The molecular formula is C17H23N3O2. The second-order valence-corrected chi connectivity index (χ2v) is 6.01. The first-order valence-corrected chi connectivity index (χ1v) is 8.12. The Morgan fingerprint density at radius 2 is 1.82 bits per heavy atom. The Bertz CT molecular complexity index is 550. The van der Waals surface area contributed by atoms with Gasteiger partial charge in [-0.05, 0) is 44.0 Å². The highest BCUT2D eigenvalue weighted by Crippen LogP contribution is 2.28. The molecule has 0 saturated carbocycles. The van der Waals surface area contributed by atoms with Gasteiger partial charge in [-0.3, -0.25) is 9.59 Å². The number of hydrogen-bond donors (Lipinski definition) is 1. The van der Waals surface area contributed by atoms with E-state index in [-0.39, 0.29) is 17.7 Å². The Morgan fingerprint density at radius 1 is 1.18 bits per heavy atom. The SMILES string of the molecule is CCNC(=O)C1CC(=O)N(c2ccc(N3CCCC3)cc2)C1. The van der Waals surface area contributed by atoms with Crippen molar-refractivity contribution in [2.24, 2.45) is 5.92 Å². The average Bonchev–Trinajstić information content (AvgIpc) is 3.17. The van der Waals surface area contributed by atoms with Crippen LogP contribution in [0, 0.1) is 5.92 Å². The molecule has 2 heterocycles. The number of rotatable bonds is 4. The maximum atomic E-state index is 12.2. The number of anilines is 2. The average molecular weight is 301 g/mol. The molecule has 5 nitrogen and oxygen atoms in total. The van der Waals surface area contributed by atoms with Crippen molar-refractivity contribution in [1.29, 1.82) is 0 Å². The minimum absolute atomic E-state index is 0.0213. The van der Waals surface area contributed by atoms with Gasteiger partial charge in [0.15, 0.2) is 0 Å². The van der Waals surface area contributed by atoms with Crippen LogP contribution in [0.15, 0.2) is 24.3 Å². The zero-order valence-corrected chi connectivity index (χ0v) is 13.0. The fourth-order valence-electron chi connectivity index (χ4n) is 3.27. The normalized spacial score (nSPS) is 21.5. The van der Waals surface area contributed by atoms with Crippen LogP contribution in [0.3, 0.4) is 0 Å². The van der Waals surface area contributed by atoms with Crippen molar-refractivity contribution in [2.75, 3.05) is 36.0 Å². The summed E-state index contributed by atoms with van der Waals surface area (Å²) in [4.78, 5) is 28.2. The van der Waals surface area contributed by atoms with Gasteiger partial charge in [0.2, 0.25) is 11.8 Å². The lowest BCUT2D eigenvalue weighted by molar-refractivity contribution is -0.126. The van der Waals surface area contributed by atoms with Gasteiger partial charge in [-0.25, -0.2) is 0 Å². The van der Waals surface area contributed by atoms with E-state index in [1.165, 1.54) is 18.5 Å². The van der Waals surface area contributed by atoms with Crippen molar-refractivity contribution in [3.8, 4) is 0 Å². The van der Waals surface area contributed by atoms with Crippen molar-refractivity contribution in [3.05, 3.63) is 24.3 Å². The molecule has 118 valence electrons. The zero-order valence-electron chi connectivity index (χ0n) is 13.0. The largest absolute Gasteiger partial charge is 0.372 e. The van der Waals surface area contributed by atoms with Crippen molar-refractivity contribution < 1.29 is 9.59 Å². The summed E-state index contributed by atoms with van der Waals surface area (Å²) >= 11 is 0. The van der Waals surface area contributed by atoms with Crippen molar-refractivity contribution in [3.63, 3.8) is 0 Å². The molecule has 22 heavy (non-hydrogen) atoms. The molecule has 0 bridgehead atoms. The van der Waals surface area contributed by atoms with Gasteiger partial charge in [0.05, 0.1) is 5.92 Å². The monoisotopic (exact) mass is 301 g/mol. The number of carbonyl (C=O) groups is 2. The van der Waals surface area contributed by atoms with Crippen LogP contribution in [-0.4, -0.2) is 38.0 Å². The number of nitrogens with one attached hydrogen (secondary N) is 1. The van der Waals surface area contributed by atoms with E-state index in [1.807, 2.05) is 19.1 Å². The van der Waals surface area contributed by atoms with Gasteiger partial charge < -0.3 is 15.1 Å². The summed E-state index contributed by atoms with van der Waals surface area (Å²) in [7, 11) is 0. The summed E-state index contributed by atoms with van der Waals surface area (Å²) in [6.45, 7) is 5.20. The van der Waals surface area contributed by atoms with Crippen molar-refractivity contribution in [2.45, 2.75) is 26.2 Å². The van der Waals surface area contributed by atoms with E-state index in [2.05, 4.69) is 22.3 Å². The third kappa shape index (κ3) is 2.93. The van der Waals surface area contributed by atoms with Crippen molar-refractivity contribution in [1.82, 2.24) is 5.32 Å². The van der Waals surface area contributed by atoms with E-state index >= 15 is 0 Å². The molecule has 5 heteroatoms. The molecule has 1 N–H and O–H groups in total. The van der Waals surface area contributed by atoms with Crippen molar-refractivity contribution >= 4 is 23.2 Å². The number of benzene rings is 1. The Labute approximate surface area is 131 Å². The Morgan fingerprint density at radius 3 is 2.45 bits per heavy atom. The molecule has 1 aromatic carbocycles. The first-order chi connectivity index (χ1) is 10.7. The fraction of sp³-hybridized carbons (Fsp3) is 0.529. The number of amides is 2. The van der Waals surface area contributed by atoms with Crippen LogP contribution in [0.4, 0.5) is 11.4 Å². The molecule has 1 aromatic rings. The fourth-order valence-corrected chi connectivity index (χ4v) is 3.27. The van der Waals surface area contributed by atoms with Crippen LogP contribution in [0.2, 0.25) is 0 Å². The molecule has 0 aliphatic carbocycles. The molecule has 2 saturated heterocycles. The maximum absolute atomic E-state index is 12.2. The highest BCUT2D eigenvalue weighted by atomic mass is 16.2. The third-order valence-electron chi connectivity index (χ3n) is 4.48. The summed E-state index contributed by atoms with van der Waals surface area (Å²) in [5.74, 6) is -0.220. The third-order valence-corrected chi connectivity index (χ3v) is 4.48. The summed E-state index contributed by atoms with van der Waals surface area (Å²) in [5.41, 5.74) is 2.10. The Balaban J connectivity index is 1.68. The minimum atomic E-state index is -0.231. The van der Waals surface area contributed by atoms with E-state index in [0.29, 0.717) is 19.5 Å². The standard InChI is InChI=1S/C17H23N3O2/c1-2-18-17(22)13-11-16(21)20(12-13)15-7-5-14(6-8-15)19-9-3-4-10-19/h5-8,13H,2-4,9-12H2,1H3,(H,18,22). The molecule has 0 aromatic heterocycles. The van der Waals surface area contributed by atoms with Gasteiger partial charge in [0, 0.05) is 44.0 Å². The summed E-state index contributed by atoms with van der Waals surface area (Å²) < 4.78 is 0. The molecule has 2 aliphatic rings. The van der Waals surface area contributed by atoms with Crippen LogP contribution < -0.4 is 15.1 Å². The highest BCUT2D eigenvalue weighted by molar-refractivity contribution is 6.00. The minimum Gasteiger partial charge on any atom is -0.372 e. The Kier molecular flexibility index (Phi) is 4.32. The van der Waals surface area contributed by atoms with E-state index < -0.39 is 0 Å². The van der Waals surface area contributed by atoms with Crippen LogP contribution in [-0.2, 0) is 9.59 Å². The lowest BCUT2D eigenvalue weighted by Gasteiger charge is -2.20. The van der Waals surface area contributed by atoms with Crippen LogP contribution >= 0.6 is 0 Å². The van der Waals surface area contributed by atoms with Crippen LogP contribution in [0.25, 0.3) is 0 Å². The van der Waals surface area contributed by atoms with Crippen LogP contribution in [0.5, 0.6) is 0 Å². The molecule has 2 fully saturated rings. The second-order valence-electron chi connectivity index (χ2n) is 6.01. The second kappa shape index (κ2) is 6.38. The predicted molar refractivity (Wildman–Crippen MR) is 87.0 cm³/mol. The molecule has 2 amide bonds. The topological polar surface area (TPSA) is 52.7 Å². The first kappa shape index (κ1) is 14.9. The zero-order chi connectivity index (χ0) is 15.5. The summed E-state index contributed by atoms with van der Waals surface area (Å²) in [6, 6.07) is 8.14. The smallest absolute Gasteiger partial charge is 0.227 e. The number of carbonyl (C=O) groups excluding carboxylic acids is 2. The van der Waals surface area contributed by atoms with E-state index in [4.69, 9.17) is 0 Å². The summed E-state index contributed by atoms with van der Waals surface area (Å²) in [5, 5.41) is 2.80. The highest BCUT2D eigenvalue weighted by Gasteiger charge is 2.34. The first-order valence-electron chi connectivity index (χ1n) is 8.12. The lowest BCUT2D eigenvalue weighted by atomic mass is 10.1. The molecule has 3 rings (SSSR count). The van der Waals surface area contributed by atoms with Crippen LogP contribution in [0.1, 0.15) is 26.2 Å². The molecule has 1 unspecified atom stereocenters. The number of nitrogens with zero attached hydrogens (tertiary/aromatic N) is 2.